The van der Waals surface area contributed by atoms with Crippen molar-refractivity contribution in [1.82, 2.24) is 5.32 Å². The Balaban J connectivity index is 2.16. The molecule has 1 aliphatic rings. The summed E-state index contributed by atoms with van der Waals surface area (Å²) in [6.07, 6.45) is 5.23. The lowest BCUT2D eigenvalue weighted by Crippen LogP contribution is -2.30. The normalized spacial score (nSPS) is 25.3. The van der Waals surface area contributed by atoms with Crippen LogP contribution in [0.5, 0.6) is 0 Å². The largest absolute Gasteiger partial charge is 0.310 e. The first-order valence-electron chi connectivity index (χ1n) is 7.61. The monoisotopic (exact) mass is 263 g/mol. The van der Waals surface area contributed by atoms with Crippen molar-refractivity contribution in [3.63, 3.8) is 0 Å². The third-order valence-corrected chi connectivity index (χ3v) is 4.50. The van der Waals surface area contributed by atoms with Gasteiger partial charge in [-0.2, -0.15) is 0 Å². The van der Waals surface area contributed by atoms with Gasteiger partial charge in [0.2, 0.25) is 0 Å². The van der Waals surface area contributed by atoms with Crippen LogP contribution in [-0.4, -0.2) is 6.54 Å². The van der Waals surface area contributed by atoms with Gasteiger partial charge in [-0.25, -0.2) is 4.39 Å². The van der Waals surface area contributed by atoms with E-state index in [1.54, 1.807) is 6.07 Å². The SMILES string of the molecule is CCNC(c1ccc(F)c(C)c1)C1CCC(C)CC1. The van der Waals surface area contributed by atoms with Crippen molar-refractivity contribution < 1.29 is 4.39 Å². The van der Waals surface area contributed by atoms with E-state index in [1.807, 2.05) is 19.1 Å². The van der Waals surface area contributed by atoms with E-state index in [1.165, 1.54) is 31.2 Å². The lowest BCUT2D eigenvalue weighted by Gasteiger charge is -2.33. The van der Waals surface area contributed by atoms with Crippen LogP contribution in [0.4, 0.5) is 4.39 Å². The fourth-order valence-electron chi connectivity index (χ4n) is 3.26. The van der Waals surface area contributed by atoms with Crippen molar-refractivity contribution in [2.75, 3.05) is 6.54 Å². The zero-order valence-corrected chi connectivity index (χ0v) is 12.4. The lowest BCUT2D eigenvalue weighted by molar-refractivity contribution is 0.233. The van der Waals surface area contributed by atoms with Crippen LogP contribution in [0.25, 0.3) is 0 Å². The Morgan fingerprint density at radius 3 is 2.53 bits per heavy atom. The Labute approximate surface area is 116 Å². The molecule has 1 fully saturated rings. The molecule has 19 heavy (non-hydrogen) atoms. The van der Waals surface area contributed by atoms with Crippen molar-refractivity contribution in [3.8, 4) is 0 Å². The number of hydrogen-bond acceptors (Lipinski definition) is 1. The summed E-state index contributed by atoms with van der Waals surface area (Å²) >= 11 is 0. The molecule has 0 aromatic heterocycles. The average molecular weight is 263 g/mol. The second-order valence-corrected chi connectivity index (χ2v) is 6.06. The van der Waals surface area contributed by atoms with Crippen LogP contribution in [0.1, 0.15) is 56.7 Å². The zero-order valence-electron chi connectivity index (χ0n) is 12.4. The Kier molecular flexibility index (Phi) is 4.98. The van der Waals surface area contributed by atoms with Crippen LogP contribution < -0.4 is 5.32 Å². The van der Waals surface area contributed by atoms with E-state index >= 15 is 0 Å². The Hall–Kier alpha value is -0.890. The summed E-state index contributed by atoms with van der Waals surface area (Å²) in [5.74, 6) is 1.46. The first kappa shape index (κ1) is 14.5. The van der Waals surface area contributed by atoms with Gasteiger partial charge in [0.25, 0.3) is 0 Å². The second-order valence-electron chi connectivity index (χ2n) is 6.06. The van der Waals surface area contributed by atoms with E-state index in [0.29, 0.717) is 12.0 Å². The van der Waals surface area contributed by atoms with Gasteiger partial charge in [-0.1, -0.05) is 38.8 Å². The molecule has 0 aliphatic heterocycles. The fourth-order valence-corrected chi connectivity index (χ4v) is 3.26. The summed E-state index contributed by atoms with van der Waals surface area (Å²) in [7, 11) is 0. The molecule has 2 heteroatoms. The molecule has 1 nitrogen and oxygen atoms in total. The van der Waals surface area contributed by atoms with Crippen molar-refractivity contribution in [1.29, 1.82) is 0 Å². The van der Waals surface area contributed by atoms with Gasteiger partial charge < -0.3 is 5.32 Å². The van der Waals surface area contributed by atoms with Crippen LogP contribution in [0, 0.1) is 24.6 Å². The van der Waals surface area contributed by atoms with E-state index in [4.69, 9.17) is 0 Å². The molecule has 1 aromatic carbocycles. The number of nitrogens with one attached hydrogen (secondary N) is 1. The molecule has 1 atom stereocenters. The summed E-state index contributed by atoms with van der Waals surface area (Å²) < 4.78 is 13.4. The predicted octanol–water partition coefficient (Wildman–Crippen LogP) is 4.61. The van der Waals surface area contributed by atoms with Crippen LogP contribution in [0.15, 0.2) is 18.2 Å². The fraction of sp³-hybridized carbons (Fsp3) is 0.647. The van der Waals surface area contributed by atoms with Crippen LogP contribution in [0.2, 0.25) is 0 Å². The van der Waals surface area contributed by atoms with Gasteiger partial charge in [-0.05, 0) is 55.3 Å². The molecule has 1 unspecified atom stereocenters. The molecule has 0 radical (unpaired) electrons. The van der Waals surface area contributed by atoms with Crippen molar-refractivity contribution in [2.45, 2.75) is 52.5 Å². The average Bonchev–Trinajstić information content (AvgIpc) is 2.41. The molecular formula is C17H26FN. The quantitative estimate of drug-likeness (QED) is 0.836. The summed E-state index contributed by atoms with van der Waals surface area (Å²) in [5, 5.41) is 3.61. The zero-order chi connectivity index (χ0) is 13.8. The van der Waals surface area contributed by atoms with E-state index < -0.39 is 0 Å². The smallest absolute Gasteiger partial charge is 0.126 e. The minimum atomic E-state index is -0.101. The third-order valence-electron chi connectivity index (χ3n) is 4.50. The topological polar surface area (TPSA) is 12.0 Å². The summed E-state index contributed by atoms with van der Waals surface area (Å²) in [5.41, 5.74) is 2.00. The lowest BCUT2D eigenvalue weighted by atomic mass is 9.77. The van der Waals surface area contributed by atoms with Crippen molar-refractivity contribution in [3.05, 3.63) is 35.1 Å². The van der Waals surface area contributed by atoms with Crippen LogP contribution in [-0.2, 0) is 0 Å². The van der Waals surface area contributed by atoms with E-state index in [2.05, 4.69) is 19.2 Å². The molecule has 0 heterocycles. The van der Waals surface area contributed by atoms with E-state index in [9.17, 15) is 4.39 Å². The Morgan fingerprint density at radius 1 is 1.26 bits per heavy atom. The van der Waals surface area contributed by atoms with Gasteiger partial charge in [-0.3, -0.25) is 0 Å². The van der Waals surface area contributed by atoms with Crippen molar-refractivity contribution >= 4 is 0 Å². The number of benzene rings is 1. The van der Waals surface area contributed by atoms with E-state index in [-0.39, 0.29) is 5.82 Å². The van der Waals surface area contributed by atoms with Gasteiger partial charge in [0.05, 0.1) is 0 Å². The second kappa shape index (κ2) is 6.51. The number of hydrogen-bond donors (Lipinski definition) is 1. The minimum absolute atomic E-state index is 0.101. The molecule has 1 aliphatic carbocycles. The molecule has 1 N–H and O–H groups in total. The molecule has 0 amide bonds. The van der Waals surface area contributed by atoms with E-state index in [0.717, 1.165) is 18.0 Å². The van der Waals surface area contributed by atoms with Gasteiger partial charge in [0.1, 0.15) is 5.82 Å². The summed E-state index contributed by atoms with van der Waals surface area (Å²) in [4.78, 5) is 0. The minimum Gasteiger partial charge on any atom is -0.310 e. The number of rotatable bonds is 4. The molecule has 0 saturated heterocycles. The highest BCUT2D eigenvalue weighted by atomic mass is 19.1. The molecule has 0 spiro atoms. The van der Waals surface area contributed by atoms with Crippen LogP contribution >= 0.6 is 0 Å². The maximum absolute atomic E-state index is 13.4. The van der Waals surface area contributed by atoms with Crippen LogP contribution in [0.3, 0.4) is 0 Å². The Bertz CT molecular complexity index is 408. The van der Waals surface area contributed by atoms with Crippen molar-refractivity contribution in [2.24, 2.45) is 11.8 Å². The molecular weight excluding hydrogens is 237 g/mol. The third kappa shape index (κ3) is 3.56. The highest BCUT2D eigenvalue weighted by Gasteiger charge is 2.26. The molecule has 0 bridgehead atoms. The number of halogens is 1. The Morgan fingerprint density at radius 2 is 1.95 bits per heavy atom. The first-order chi connectivity index (χ1) is 9.11. The molecule has 106 valence electrons. The maximum atomic E-state index is 13.4. The summed E-state index contributed by atoms with van der Waals surface area (Å²) in [6, 6.07) is 5.96. The summed E-state index contributed by atoms with van der Waals surface area (Å²) in [6.45, 7) is 7.31. The molecule has 2 rings (SSSR count). The standard InChI is InChI=1S/C17H26FN/c1-4-19-17(14-7-5-12(2)6-8-14)15-9-10-16(18)13(3)11-15/h9-12,14,17,19H,4-8H2,1-3H3. The highest BCUT2D eigenvalue weighted by molar-refractivity contribution is 5.27. The first-order valence-corrected chi connectivity index (χ1v) is 7.61. The molecule has 1 saturated carbocycles. The van der Waals surface area contributed by atoms with Gasteiger partial charge in [0.15, 0.2) is 0 Å². The van der Waals surface area contributed by atoms with Gasteiger partial charge >= 0.3 is 0 Å². The number of aryl methyl sites for hydroxylation is 1. The highest BCUT2D eigenvalue weighted by Crippen LogP contribution is 2.37. The predicted molar refractivity (Wildman–Crippen MR) is 78.7 cm³/mol. The van der Waals surface area contributed by atoms with Gasteiger partial charge in [0, 0.05) is 6.04 Å². The maximum Gasteiger partial charge on any atom is 0.126 e. The van der Waals surface area contributed by atoms with Gasteiger partial charge in [-0.15, -0.1) is 0 Å². The molecule has 1 aromatic rings.